The van der Waals surface area contributed by atoms with Crippen molar-refractivity contribution >= 4 is 21.8 Å². The number of alkyl halides is 1. The van der Waals surface area contributed by atoms with Crippen molar-refractivity contribution < 1.29 is 4.79 Å². The van der Waals surface area contributed by atoms with Crippen molar-refractivity contribution in [3.05, 3.63) is 0 Å². The van der Waals surface area contributed by atoms with Gasteiger partial charge in [-0.25, -0.2) is 0 Å². The number of carbonyl (C=O) groups is 1. The largest absolute Gasteiger partial charge is 0.356 e. The average Bonchev–Trinajstić information content (AvgIpc) is 2.96. The Morgan fingerprint density at radius 1 is 1.00 bits per heavy atom. The molecule has 2 aliphatic rings. The van der Waals surface area contributed by atoms with Gasteiger partial charge in [0.05, 0.1) is 0 Å². The quantitative estimate of drug-likeness (QED) is 0.724. The predicted molar refractivity (Wildman–Crippen MR) is 83.4 cm³/mol. The van der Waals surface area contributed by atoms with Gasteiger partial charge in [-0.2, -0.15) is 0 Å². The van der Waals surface area contributed by atoms with Gasteiger partial charge in [0.2, 0.25) is 5.91 Å². The molecule has 1 N–H and O–H groups in total. The molecule has 110 valence electrons. The number of nitrogens with one attached hydrogen (secondary N) is 1. The van der Waals surface area contributed by atoms with E-state index in [0.717, 1.165) is 36.6 Å². The molecule has 2 unspecified atom stereocenters. The maximum absolute atomic E-state index is 11.9. The van der Waals surface area contributed by atoms with Crippen LogP contribution in [0.3, 0.4) is 0 Å². The van der Waals surface area contributed by atoms with Gasteiger partial charge in [0.1, 0.15) is 0 Å². The van der Waals surface area contributed by atoms with Crippen LogP contribution in [0.4, 0.5) is 0 Å². The highest BCUT2D eigenvalue weighted by molar-refractivity contribution is 9.09. The van der Waals surface area contributed by atoms with E-state index < -0.39 is 0 Å². The molecule has 0 spiro atoms. The summed E-state index contributed by atoms with van der Waals surface area (Å²) in [5.74, 6) is 2.58. The molecule has 0 radical (unpaired) electrons. The summed E-state index contributed by atoms with van der Waals surface area (Å²) in [5.41, 5.74) is 0. The number of halogens is 1. The first-order valence-corrected chi connectivity index (χ1v) is 9.24. The maximum atomic E-state index is 11.9. The molecular weight excluding hydrogens is 302 g/mol. The van der Waals surface area contributed by atoms with E-state index in [1.807, 2.05) is 0 Å². The molecule has 19 heavy (non-hydrogen) atoms. The number of carbonyl (C=O) groups excluding carboxylic acids is 1. The van der Waals surface area contributed by atoms with E-state index in [0.29, 0.717) is 5.92 Å². The van der Waals surface area contributed by atoms with Gasteiger partial charge in [-0.15, -0.1) is 0 Å². The molecule has 3 heteroatoms. The predicted octanol–water partition coefficient (Wildman–Crippen LogP) is 4.27. The summed E-state index contributed by atoms with van der Waals surface area (Å²) in [6, 6.07) is 0. The highest BCUT2D eigenvalue weighted by Gasteiger charge is 2.24. The summed E-state index contributed by atoms with van der Waals surface area (Å²) >= 11 is 3.62. The molecule has 2 atom stereocenters. The van der Waals surface area contributed by atoms with E-state index in [9.17, 15) is 4.79 Å². The normalized spacial score (nSPS) is 28.5. The van der Waals surface area contributed by atoms with Crippen LogP contribution in [0, 0.1) is 17.8 Å². The van der Waals surface area contributed by atoms with Crippen molar-refractivity contribution in [3.63, 3.8) is 0 Å². The van der Waals surface area contributed by atoms with E-state index in [-0.39, 0.29) is 5.91 Å². The third-order valence-electron chi connectivity index (χ3n) is 5.08. The second-order valence-corrected chi connectivity index (χ2v) is 7.10. The van der Waals surface area contributed by atoms with Crippen molar-refractivity contribution in [2.75, 3.05) is 11.9 Å². The summed E-state index contributed by atoms with van der Waals surface area (Å²) in [5, 5.41) is 4.27. The van der Waals surface area contributed by atoms with Gasteiger partial charge in [-0.05, 0) is 37.0 Å². The van der Waals surface area contributed by atoms with E-state index in [4.69, 9.17) is 0 Å². The fraction of sp³-hybridized carbons (Fsp3) is 0.938. The molecule has 2 saturated carbocycles. The monoisotopic (exact) mass is 329 g/mol. The number of rotatable bonds is 6. The number of amides is 1. The van der Waals surface area contributed by atoms with Gasteiger partial charge in [-0.3, -0.25) is 4.79 Å². The van der Waals surface area contributed by atoms with Gasteiger partial charge < -0.3 is 5.32 Å². The van der Waals surface area contributed by atoms with Crippen LogP contribution in [0.1, 0.15) is 64.2 Å². The molecular formula is C16H28BrNO. The lowest BCUT2D eigenvalue weighted by atomic mass is 9.80. The molecule has 2 aliphatic carbocycles. The molecule has 0 aromatic carbocycles. The zero-order valence-electron chi connectivity index (χ0n) is 12.0. The third-order valence-corrected chi connectivity index (χ3v) is 5.91. The fourth-order valence-corrected chi connectivity index (χ4v) is 4.58. The number of hydrogen-bond acceptors (Lipinski definition) is 1. The molecule has 0 saturated heterocycles. The van der Waals surface area contributed by atoms with Crippen molar-refractivity contribution in [1.82, 2.24) is 5.32 Å². The van der Waals surface area contributed by atoms with Gasteiger partial charge in [0.25, 0.3) is 0 Å². The van der Waals surface area contributed by atoms with Crippen LogP contribution < -0.4 is 5.32 Å². The molecule has 0 aromatic heterocycles. The molecule has 0 aliphatic heterocycles. The van der Waals surface area contributed by atoms with Crippen molar-refractivity contribution in [2.24, 2.45) is 17.8 Å². The summed E-state index contributed by atoms with van der Waals surface area (Å²) in [6.07, 6.45) is 12.6. The van der Waals surface area contributed by atoms with Gasteiger partial charge >= 0.3 is 0 Å². The Morgan fingerprint density at radius 2 is 1.63 bits per heavy atom. The minimum Gasteiger partial charge on any atom is -0.356 e. The highest BCUT2D eigenvalue weighted by atomic mass is 79.9. The summed E-state index contributed by atoms with van der Waals surface area (Å²) in [4.78, 5) is 11.9. The van der Waals surface area contributed by atoms with Crippen LogP contribution in [0.15, 0.2) is 0 Å². The van der Waals surface area contributed by atoms with Gasteiger partial charge in [0, 0.05) is 18.3 Å². The van der Waals surface area contributed by atoms with E-state index in [2.05, 4.69) is 21.2 Å². The van der Waals surface area contributed by atoms with E-state index >= 15 is 0 Å². The first-order chi connectivity index (χ1) is 9.29. The molecule has 1 amide bonds. The van der Waals surface area contributed by atoms with Crippen LogP contribution in [-0.4, -0.2) is 17.8 Å². The Balaban J connectivity index is 1.61. The first-order valence-electron chi connectivity index (χ1n) is 8.12. The molecule has 2 rings (SSSR count). The maximum Gasteiger partial charge on any atom is 0.220 e. The standard InChI is InChI=1S/C16H28BrNO/c17-11-14-7-3-4-8-15(14)12-18-16(19)10-9-13-5-1-2-6-13/h13-15H,1-12H2,(H,18,19). The lowest BCUT2D eigenvalue weighted by Crippen LogP contribution is -2.34. The molecule has 0 bridgehead atoms. The third kappa shape index (κ3) is 5.09. The smallest absolute Gasteiger partial charge is 0.220 e. The molecule has 2 nitrogen and oxygen atoms in total. The topological polar surface area (TPSA) is 29.1 Å². The minimum atomic E-state index is 0.283. The van der Waals surface area contributed by atoms with E-state index in [1.54, 1.807) is 0 Å². The Morgan fingerprint density at radius 3 is 2.32 bits per heavy atom. The van der Waals surface area contributed by atoms with Crippen LogP contribution >= 0.6 is 15.9 Å². The summed E-state index contributed by atoms with van der Waals surface area (Å²) < 4.78 is 0. The van der Waals surface area contributed by atoms with Crippen molar-refractivity contribution in [2.45, 2.75) is 64.2 Å². The second-order valence-electron chi connectivity index (χ2n) is 6.45. The van der Waals surface area contributed by atoms with Crippen LogP contribution in [0.5, 0.6) is 0 Å². The van der Waals surface area contributed by atoms with Crippen molar-refractivity contribution in [1.29, 1.82) is 0 Å². The zero-order chi connectivity index (χ0) is 13.5. The lowest BCUT2D eigenvalue weighted by molar-refractivity contribution is -0.121. The summed E-state index contributed by atoms with van der Waals surface area (Å²) in [6.45, 7) is 0.903. The van der Waals surface area contributed by atoms with Gasteiger partial charge in [0.15, 0.2) is 0 Å². The molecule has 0 aromatic rings. The minimum absolute atomic E-state index is 0.283. The number of hydrogen-bond donors (Lipinski definition) is 1. The zero-order valence-corrected chi connectivity index (χ0v) is 13.6. The Labute approximate surface area is 126 Å². The van der Waals surface area contributed by atoms with E-state index in [1.165, 1.54) is 51.4 Å². The second kappa shape index (κ2) is 8.28. The van der Waals surface area contributed by atoms with Crippen LogP contribution in [-0.2, 0) is 4.79 Å². The van der Waals surface area contributed by atoms with Crippen molar-refractivity contribution in [3.8, 4) is 0 Å². The van der Waals surface area contributed by atoms with Crippen LogP contribution in [0.2, 0.25) is 0 Å². The van der Waals surface area contributed by atoms with Gasteiger partial charge in [-0.1, -0.05) is 54.5 Å². The first kappa shape index (κ1) is 15.3. The average molecular weight is 330 g/mol. The lowest BCUT2D eigenvalue weighted by Gasteiger charge is -2.30. The molecule has 0 heterocycles. The Hall–Kier alpha value is -0.0500. The molecule has 2 fully saturated rings. The SMILES string of the molecule is O=C(CCC1CCCC1)NCC1CCCCC1CBr. The Bertz CT molecular complexity index is 276. The highest BCUT2D eigenvalue weighted by Crippen LogP contribution is 2.31. The van der Waals surface area contributed by atoms with Crippen LogP contribution in [0.25, 0.3) is 0 Å². The fourth-order valence-electron chi connectivity index (χ4n) is 3.72. The Kier molecular flexibility index (Phi) is 6.69. The summed E-state index contributed by atoms with van der Waals surface area (Å²) in [7, 11) is 0.